The molecule has 0 spiro atoms. The fraction of sp³-hybridized carbons (Fsp3) is 0.560. The van der Waals surface area contributed by atoms with Gasteiger partial charge in [0.05, 0.1) is 12.0 Å². The van der Waals surface area contributed by atoms with Crippen LogP contribution in [0.3, 0.4) is 0 Å². The molecule has 3 rings (SSSR count). The van der Waals surface area contributed by atoms with E-state index in [9.17, 15) is 18.0 Å². The van der Waals surface area contributed by atoms with Gasteiger partial charge in [0.1, 0.15) is 11.8 Å². The first-order valence-corrected chi connectivity index (χ1v) is 11.4. The van der Waals surface area contributed by atoms with E-state index in [2.05, 4.69) is 12.3 Å². The Morgan fingerprint density at radius 2 is 1.78 bits per heavy atom. The second-order valence-electron chi connectivity index (χ2n) is 9.25. The summed E-state index contributed by atoms with van der Waals surface area (Å²) in [4.78, 5) is 12.2. The van der Waals surface area contributed by atoms with Crippen LogP contribution >= 0.6 is 0 Å². The third-order valence-corrected chi connectivity index (χ3v) is 5.96. The number of halogens is 3. The van der Waals surface area contributed by atoms with Gasteiger partial charge in [-0.25, -0.2) is 5.01 Å². The van der Waals surface area contributed by atoms with E-state index in [0.29, 0.717) is 17.7 Å². The Kier molecular flexibility index (Phi) is 7.70. The van der Waals surface area contributed by atoms with E-state index in [0.717, 1.165) is 29.7 Å². The minimum Gasteiger partial charge on any atom is -0.493 e. The number of carbonyl (C=O) groups is 1. The van der Waals surface area contributed by atoms with Gasteiger partial charge in [-0.1, -0.05) is 63.3 Å². The Bertz CT molecular complexity index is 927. The summed E-state index contributed by atoms with van der Waals surface area (Å²) in [5, 5.41) is 2.47. The third-order valence-electron chi connectivity index (χ3n) is 5.96. The van der Waals surface area contributed by atoms with Gasteiger partial charge in [-0.2, -0.15) is 13.2 Å². The molecule has 0 radical (unpaired) electrons. The van der Waals surface area contributed by atoms with Gasteiger partial charge in [0.2, 0.25) is 5.91 Å². The molecule has 7 heteroatoms. The normalized spacial score (nSPS) is 17.5. The molecule has 1 saturated heterocycles. The Labute approximate surface area is 188 Å². The van der Waals surface area contributed by atoms with Gasteiger partial charge in [0.25, 0.3) is 0 Å². The maximum absolute atomic E-state index is 14.2. The molecule has 1 unspecified atom stereocenters. The molecular weight excluding hydrogens is 417 g/mol. The summed E-state index contributed by atoms with van der Waals surface area (Å²) in [5.41, 5.74) is 1.60. The number of nitrogens with zero attached hydrogens (tertiary/aromatic N) is 1. The number of carbonyl (C=O) groups excluding carboxylic acids is 1. The number of ether oxygens (including phenoxy) is 1. The van der Waals surface area contributed by atoms with Gasteiger partial charge in [-0.15, -0.1) is 0 Å². The molecule has 0 bridgehead atoms. The summed E-state index contributed by atoms with van der Waals surface area (Å²) in [6, 6.07) is 8.37. The molecule has 2 aromatic carbocycles. The zero-order valence-corrected chi connectivity index (χ0v) is 19.1. The molecule has 176 valence electrons. The highest BCUT2D eigenvalue weighted by atomic mass is 19.4. The predicted molar refractivity (Wildman–Crippen MR) is 120 cm³/mol. The van der Waals surface area contributed by atoms with Gasteiger partial charge in [0, 0.05) is 11.9 Å². The summed E-state index contributed by atoms with van der Waals surface area (Å²) in [7, 11) is 0. The van der Waals surface area contributed by atoms with Gasteiger partial charge < -0.3 is 4.74 Å². The van der Waals surface area contributed by atoms with Crippen LogP contribution in [0.15, 0.2) is 36.4 Å². The van der Waals surface area contributed by atoms with E-state index >= 15 is 0 Å². The van der Waals surface area contributed by atoms with Crippen LogP contribution in [0.1, 0.15) is 70.9 Å². The molecule has 32 heavy (non-hydrogen) atoms. The topological polar surface area (TPSA) is 41.6 Å². The largest absolute Gasteiger partial charge is 0.493 e. The van der Waals surface area contributed by atoms with E-state index in [1.807, 2.05) is 12.1 Å². The Hall–Kier alpha value is -2.28. The molecule has 1 heterocycles. The molecule has 0 saturated carbocycles. The lowest BCUT2D eigenvalue weighted by molar-refractivity contribution is -0.191. The maximum Gasteiger partial charge on any atom is 0.409 e. The zero-order chi connectivity index (χ0) is 23.4. The van der Waals surface area contributed by atoms with Crippen LogP contribution in [0.25, 0.3) is 10.8 Å². The maximum atomic E-state index is 14.2. The molecule has 2 aromatic rings. The Morgan fingerprint density at radius 1 is 1.09 bits per heavy atom. The summed E-state index contributed by atoms with van der Waals surface area (Å²) in [5.74, 6) is 0.0396. The molecule has 1 N–H and O–H groups in total. The van der Waals surface area contributed by atoms with Crippen LogP contribution in [0.5, 0.6) is 5.75 Å². The lowest BCUT2D eigenvalue weighted by Crippen LogP contribution is -2.43. The van der Waals surface area contributed by atoms with E-state index < -0.39 is 23.5 Å². The predicted octanol–water partition coefficient (Wildman–Crippen LogP) is 6.56. The molecule has 1 aliphatic heterocycles. The van der Waals surface area contributed by atoms with Gasteiger partial charge in [-0.05, 0) is 43.4 Å². The number of nitrogens with one attached hydrogen (secondary N) is 1. The Morgan fingerprint density at radius 3 is 2.44 bits per heavy atom. The standard InChI is InChI=1S/C25H33F3N2O2/c1-4-5-6-7-8-11-14-32-21-16-19(15-18-12-9-10-13-20(18)21)22(25(26,27)28)30-17-24(2,3)23(31)29-30/h9-10,12-13,15-16,22H,4-8,11,14,17H2,1-3H3,(H,29,31). The van der Waals surface area contributed by atoms with Crippen LogP contribution in [0, 0.1) is 5.41 Å². The summed E-state index contributed by atoms with van der Waals surface area (Å²) >= 11 is 0. The van der Waals surface area contributed by atoms with Crippen molar-refractivity contribution in [3.63, 3.8) is 0 Å². The van der Waals surface area contributed by atoms with Crippen molar-refractivity contribution in [3.8, 4) is 5.75 Å². The third kappa shape index (κ3) is 5.74. The van der Waals surface area contributed by atoms with E-state index in [4.69, 9.17) is 4.74 Å². The van der Waals surface area contributed by atoms with Crippen LogP contribution in [0.4, 0.5) is 13.2 Å². The van der Waals surface area contributed by atoms with Crippen molar-refractivity contribution in [2.75, 3.05) is 13.2 Å². The summed E-state index contributed by atoms with van der Waals surface area (Å²) in [6.07, 6.45) is 2.07. The number of unbranched alkanes of at least 4 members (excludes halogenated alkanes) is 5. The number of hydrogen-bond acceptors (Lipinski definition) is 3. The van der Waals surface area contributed by atoms with Gasteiger partial charge in [-0.3, -0.25) is 10.2 Å². The number of benzene rings is 2. The lowest BCUT2D eigenvalue weighted by Gasteiger charge is -2.30. The van der Waals surface area contributed by atoms with E-state index in [1.54, 1.807) is 32.0 Å². The number of rotatable bonds is 10. The van der Waals surface area contributed by atoms with Crippen molar-refractivity contribution >= 4 is 16.7 Å². The van der Waals surface area contributed by atoms with Crippen LogP contribution in [0.2, 0.25) is 0 Å². The first-order valence-electron chi connectivity index (χ1n) is 11.4. The SMILES string of the molecule is CCCCCCCCOc1cc(C(N2CC(C)(C)C(=O)N2)C(F)(F)F)cc2ccccc12. The van der Waals surface area contributed by atoms with Crippen molar-refractivity contribution < 1.29 is 22.7 Å². The molecule has 1 aliphatic rings. The quantitative estimate of drug-likeness (QED) is 0.417. The van der Waals surface area contributed by atoms with Crippen LogP contribution < -0.4 is 10.2 Å². The van der Waals surface area contributed by atoms with Gasteiger partial charge in [0.15, 0.2) is 0 Å². The number of alkyl halides is 3. The number of hydrazine groups is 1. The fourth-order valence-corrected chi connectivity index (χ4v) is 4.16. The molecule has 1 atom stereocenters. The molecular formula is C25H33F3N2O2. The first kappa shape index (κ1) is 24.4. The smallest absolute Gasteiger partial charge is 0.409 e. The van der Waals surface area contributed by atoms with Crippen molar-refractivity contribution in [2.24, 2.45) is 5.41 Å². The van der Waals surface area contributed by atoms with Crippen LogP contribution in [-0.4, -0.2) is 30.2 Å². The minimum absolute atomic E-state index is 0.0310. The van der Waals surface area contributed by atoms with Crippen LogP contribution in [-0.2, 0) is 4.79 Å². The molecule has 0 aliphatic carbocycles. The zero-order valence-electron chi connectivity index (χ0n) is 19.1. The average Bonchev–Trinajstić information content (AvgIpc) is 2.98. The molecule has 0 aromatic heterocycles. The highest BCUT2D eigenvalue weighted by molar-refractivity contribution is 5.89. The molecule has 4 nitrogen and oxygen atoms in total. The highest BCUT2D eigenvalue weighted by Crippen LogP contribution is 2.43. The lowest BCUT2D eigenvalue weighted by atomic mass is 9.93. The minimum atomic E-state index is -4.56. The monoisotopic (exact) mass is 450 g/mol. The molecule has 1 fully saturated rings. The Balaban J connectivity index is 1.86. The molecule has 1 amide bonds. The van der Waals surface area contributed by atoms with E-state index in [-0.39, 0.29) is 12.1 Å². The highest BCUT2D eigenvalue weighted by Gasteiger charge is 2.51. The second kappa shape index (κ2) is 10.1. The van der Waals surface area contributed by atoms with Crippen molar-refractivity contribution in [1.82, 2.24) is 10.4 Å². The number of fused-ring (bicyclic) bond motifs is 1. The van der Waals surface area contributed by atoms with Gasteiger partial charge >= 0.3 is 6.18 Å². The van der Waals surface area contributed by atoms with E-state index in [1.165, 1.54) is 25.3 Å². The summed E-state index contributed by atoms with van der Waals surface area (Å²) < 4.78 is 48.5. The number of hydrogen-bond donors (Lipinski definition) is 1. The first-order chi connectivity index (χ1) is 15.1. The summed E-state index contributed by atoms with van der Waals surface area (Å²) in [6.45, 7) is 5.89. The average molecular weight is 451 g/mol. The second-order valence-corrected chi connectivity index (χ2v) is 9.25. The van der Waals surface area contributed by atoms with Crippen molar-refractivity contribution in [3.05, 3.63) is 42.0 Å². The fourth-order valence-electron chi connectivity index (χ4n) is 4.16. The number of amides is 1. The van der Waals surface area contributed by atoms with Crippen molar-refractivity contribution in [2.45, 2.75) is 71.5 Å². The van der Waals surface area contributed by atoms with Crippen molar-refractivity contribution in [1.29, 1.82) is 0 Å².